The Balaban J connectivity index is 1.89. The summed E-state index contributed by atoms with van der Waals surface area (Å²) in [6.07, 6.45) is 3.49. The van der Waals surface area contributed by atoms with E-state index >= 15 is 0 Å². The minimum Gasteiger partial charge on any atom is -0.491 e. The highest BCUT2D eigenvalue weighted by Gasteiger charge is 2.36. The van der Waals surface area contributed by atoms with Crippen LogP contribution >= 0.6 is 0 Å². The SMILES string of the molecule is CC(C)(C)[Si](C)(C)OCCOc1ccc(F)c(N2CCCCC2)c1. The van der Waals surface area contributed by atoms with Gasteiger partial charge in [-0.25, -0.2) is 4.39 Å². The van der Waals surface area contributed by atoms with Crippen LogP contribution in [0.2, 0.25) is 18.1 Å². The summed E-state index contributed by atoms with van der Waals surface area (Å²) in [6, 6.07) is 5.04. The van der Waals surface area contributed by atoms with E-state index in [1.807, 2.05) is 6.07 Å². The van der Waals surface area contributed by atoms with Crippen molar-refractivity contribution in [2.45, 2.75) is 58.2 Å². The Hall–Kier alpha value is -1.07. The van der Waals surface area contributed by atoms with E-state index < -0.39 is 8.32 Å². The molecule has 1 aliphatic heterocycles. The largest absolute Gasteiger partial charge is 0.491 e. The lowest BCUT2D eigenvalue weighted by atomic mass is 10.1. The number of benzene rings is 1. The minimum atomic E-state index is -1.74. The lowest BCUT2D eigenvalue weighted by Crippen LogP contribution is -2.41. The standard InChI is InChI=1S/C19H32FNO2Si/c1-19(2,3)24(4,5)23-14-13-22-16-9-10-17(20)18(15-16)21-11-7-6-8-12-21/h9-10,15H,6-8,11-14H2,1-5H3. The van der Waals surface area contributed by atoms with Crippen LogP contribution in [0.3, 0.4) is 0 Å². The number of piperidine rings is 1. The molecule has 1 aromatic rings. The lowest BCUT2D eigenvalue weighted by molar-refractivity contribution is 0.203. The maximum atomic E-state index is 14.1. The summed E-state index contributed by atoms with van der Waals surface area (Å²) in [5.74, 6) is 0.553. The molecule has 0 spiro atoms. The Morgan fingerprint density at radius 3 is 2.38 bits per heavy atom. The average molecular weight is 354 g/mol. The molecule has 3 nitrogen and oxygen atoms in total. The van der Waals surface area contributed by atoms with Crippen LogP contribution in [0.1, 0.15) is 40.0 Å². The fourth-order valence-electron chi connectivity index (χ4n) is 2.63. The van der Waals surface area contributed by atoms with Crippen molar-refractivity contribution in [1.82, 2.24) is 0 Å². The van der Waals surface area contributed by atoms with Gasteiger partial charge in [-0.05, 0) is 49.5 Å². The van der Waals surface area contributed by atoms with Gasteiger partial charge in [0.2, 0.25) is 0 Å². The molecular weight excluding hydrogens is 321 g/mol. The average Bonchev–Trinajstić information content (AvgIpc) is 2.53. The van der Waals surface area contributed by atoms with Crippen molar-refractivity contribution in [3.8, 4) is 5.75 Å². The van der Waals surface area contributed by atoms with Gasteiger partial charge in [-0.2, -0.15) is 0 Å². The zero-order chi connectivity index (χ0) is 17.8. The lowest BCUT2D eigenvalue weighted by Gasteiger charge is -2.36. The topological polar surface area (TPSA) is 21.7 Å². The van der Waals surface area contributed by atoms with Crippen molar-refractivity contribution in [2.75, 3.05) is 31.2 Å². The molecule has 136 valence electrons. The molecule has 0 radical (unpaired) electrons. The van der Waals surface area contributed by atoms with Gasteiger partial charge < -0.3 is 14.1 Å². The molecule has 1 aromatic carbocycles. The predicted molar refractivity (Wildman–Crippen MR) is 101 cm³/mol. The number of ether oxygens (including phenoxy) is 1. The van der Waals surface area contributed by atoms with E-state index in [0.29, 0.717) is 18.9 Å². The van der Waals surface area contributed by atoms with Gasteiger partial charge in [0, 0.05) is 19.2 Å². The molecule has 0 saturated carbocycles. The first kappa shape index (κ1) is 19.3. The van der Waals surface area contributed by atoms with Gasteiger partial charge in [0.05, 0.1) is 12.3 Å². The third-order valence-corrected chi connectivity index (χ3v) is 9.77. The molecule has 0 amide bonds. The van der Waals surface area contributed by atoms with Crippen LogP contribution in [0, 0.1) is 5.82 Å². The number of halogens is 1. The first-order valence-electron chi connectivity index (χ1n) is 9.02. The van der Waals surface area contributed by atoms with E-state index in [9.17, 15) is 4.39 Å². The summed E-state index contributed by atoms with van der Waals surface area (Å²) < 4.78 is 26.0. The molecule has 1 heterocycles. The van der Waals surface area contributed by atoms with Crippen molar-refractivity contribution in [1.29, 1.82) is 0 Å². The number of hydrogen-bond donors (Lipinski definition) is 0. The second kappa shape index (κ2) is 7.87. The molecule has 1 aliphatic rings. The zero-order valence-corrected chi connectivity index (χ0v) is 16.8. The molecule has 0 bridgehead atoms. The van der Waals surface area contributed by atoms with Crippen LogP contribution in [-0.2, 0) is 4.43 Å². The number of hydrogen-bond acceptors (Lipinski definition) is 3. The quantitative estimate of drug-likeness (QED) is 0.517. The van der Waals surface area contributed by atoms with Crippen molar-refractivity contribution in [3.05, 3.63) is 24.0 Å². The van der Waals surface area contributed by atoms with Gasteiger partial charge in [0.15, 0.2) is 8.32 Å². The van der Waals surface area contributed by atoms with E-state index in [-0.39, 0.29) is 10.9 Å². The molecule has 2 rings (SSSR count). The predicted octanol–water partition coefficient (Wildman–Crippen LogP) is 5.22. The van der Waals surface area contributed by atoms with E-state index in [4.69, 9.17) is 9.16 Å². The summed E-state index contributed by atoms with van der Waals surface area (Å²) in [6.45, 7) is 14.1. The Bertz CT molecular complexity index is 537. The maximum Gasteiger partial charge on any atom is 0.192 e. The van der Waals surface area contributed by atoms with Gasteiger partial charge in [-0.15, -0.1) is 0 Å². The van der Waals surface area contributed by atoms with Gasteiger partial charge in [-0.3, -0.25) is 0 Å². The molecule has 1 saturated heterocycles. The van der Waals surface area contributed by atoms with Crippen molar-refractivity contribution >= 4 is 14.0 Å². The van der Waals surface area contributed by atoms with Gasteiger partial charge >= 0.3 is 0 Å². The molecule has 0 atom stereocenters. The minimum absolute atomic E-state index is 0.165. The van der Waals surface area contributed by atoms with Gasteiger partial charge in [0.25, 0.3) is 0 Å². The Morgan fingerprint density at radius 2 is 1.75 bits per heavy atom. The third-order valence-electron chi connectivity index (χ3n) is 5.24. The highest BCUT2D eigenvalue weighted by molar-refractivity contribution is 6.74. The second-order valence-electron chi connectivity index (χ2n) is 8.12. The van der Waals surface area contributed by atoms with Crippen molar-refractivity contribution < 1.29 is 13.6 Å². The van der Waals surface area contributed by atoms with Crippen molar-refractivity contribution in [3.63, 3.8) is 0 Å². The summed E-state index contributed by atoms with van der Waals surface area (Å²) >= 11 is 0. The van der Waals surface area contributed by atoms with Crippen LogP contribution in [-0.4, -0.2) is 34.6 Å². The zero-order valence-electron chi connectivity index (χ0n) is 15.8. The highest BCUT2D eigenvalue weighted by atomic mass is 28.4. The normalized spacial score (nSPS) is 16.3. The number of anilines is 1. The van der Waals surface area contributed by atoms with E-state index in [0.717, 1.165) is 31.7 Å². The highest BCUT2D eigenvalue weighted by Crippen LogP contribution is 2.36. The van der Waals surface area contributed by atoms with E-state index in [1.165, 1.54) is 12.5 Å². The van der Waals surface area contributed by atoms with Crippen LogP contribution in [0.15, 0.2) is 18.2 Å². The number of nitrogens with zero attached hydrogens (tertiary/aromatic N) is 1. The second-order valence-corrected chi connectivity index (χ2v) is 12.9. The molecule has 5 heteroatoms. The van der Waals surface area contributed by atoms with Crippen LogP contribution in [0.25, 0.3) is 0 Å². The maximum absolute atomic E-state index is 14.1. The summed E-state index contributed by atoms with van der Waals surface area (Å²) in [7, 11) is -1.74. The van der Waals surface area contributed by atoms with Crippen LogP contribution in [0.5, 0.6) is 5.75 Å². The fraction of sp³-hybridized carbons (Fsp3) is 0.684. The van der Waals surface area contributed by atoms with Gasteiger partial charge in [0.1, 0.15) is 18.2 Å². The molecule has 0 aliphatic carbocycles. The van der Waals surface area contributed by atoms with Crippen LogP contribution < -0.4 is 9.64 Å². The summed E-state index contributed by atoms with van der Waals surface area (Å²) in [5, 5.41) is 0.199. The van der Waals surface area contributed by atoms with E-state index in [2.05, 4.69) is 38.8 Å². The Kier molecular flexibility index (Phi) is 6.32. The molecule has 1 fully saturated rings. The van der Waals surface area contributed by atoms with Crippen molar-refractivity contribution in [2.24, 2.45) is 0 Å². The van der Waals surface area contributed by atoms with Gasteiger partial charge in [-0.1, -0.05) is 20.8 Å². The van der Waals surface area contributed by atoms with Crippen LogP contribution in [0.4, 0.5) is 10.1 Å². The molecule has 24 heavy (non-hydrogen) atoms. The Labute approximate surface area is 147 Å². The number of rotatable bonds is 6. The first-order chi connectivity index (χ1) is 11.2. The monoisotopic (exact) mass is 353 g/mol. The smallest absolute Gasteiger partial charge is 0.192 e. The molecular formula is C19H32FNO2Si. The fourth-order valence-corrected chi connectivity index (χ4v) is 3.66. The summed E-state index contributed by atoms with van der Waals surface area (Å²) in [5.41, 5.74) is 0.664. The molecule has 0 N–H and O–H groups in total. The first-order valence-corrected chi connectivity index (χ1v) is 11.9. The molecule has 0 unspecified atom stereocenters. The Morgan fingerprint density at radius 1 is 1.08 bits per heavy atom. The molecule has 0 aromatic heterocycles. The summed E-state index contributed by atoms with van der Waals surface area (Å²) in [4.78, 5) is 2.12. The third kappa shape index (κ3) is 4.96. The van der Waals surface area contributed by atoms with E-state index in [1.54, 1.807) is 6.07 Å².